The Bertz CT molecular complexity index is 1100. The van der Waals surface area contributed by atoms with Gasteiger partial charge in [0.1, 0.15) is 17.7 Å². The number of carbonyl (C=O) groups is 1. The Balaban J connectivity index is 1.53. The van der Waals surface area contributed by atoms with Crippen molar-refractivity contribution in [3.63, 3.8) is 0 Å². The molecule has 5 heterocycles. The maximum Gasteiger partial charge on any atom is 0.408 e. The van der Waals surface area contributed by atoms with Gasteiger partial charge in [0.25, 0.3) is 5.56 Å². The lowest BCUT2D eigenvalue weighted by atomic mass is 10.1. The average Bonchev–Trinajstić information content (AvgIpc) is 3.37. The van der Waals surface area contributed by atoms with E-state index in [1.165, 1.54) is 29.0 Å². The second-order valence-corrected chi connectivity index (χ2v) is 8.27. The molecule has 2 bridgehead atoms. The van der Waals surface area contributed by atoms with E-state index in [2.05, 4.69) is 9.97 Å². The van der Waals surface area contributed by atoms with E-state index in [0.29, 0.717) is 19.0 Å². The number of Topliss-reactive ketones (excluding diaryl/α,β-unsaturated/α-hetero) is 1. The van der Waals surface area contributed by atoms with Crippen LogP contribution in [0.15, 0.2) is 29.2 Å². The highest BCUT2D eigenvalue weighted by Gasteiger charge is 2.48. The van der Waals surface area contributed by atoms with Crippen molar-refractivity contribution in [3.8, 4) is 0 Å². The molecule has 32 heavy (non-hydrogen) atoms. The Morgan fingerprint density at radius 1 is 1.31 bits per heavy atom. The van der Waals surface area contributed by atoms with Gasteiger partial charge in [-0.25, -0.2) is 4.98 Å². The molecule has 2 fully saturated rings. The SMILES string of the molecule is Nc1ccc(C(=O)CN2c3nc(N4C[C@H]5C[C@H]4CO5)cc(=O)n3CC[C@H]2C(F)(F)F)cn1. The third-order valence-corrected chi connectivity index (χ3v) is 6.23. The minimum absolute atomic E-state index is 0.0270. The minimum Gasteiger partial charge on any atom is -0.384 e. The smallest absolute Gasteiger partial charge is 0.384 e. The quantitative estimate of drug-likeness (QED) is 0.694. The molecule has 0 unspecified atom stereocenters. The summed E-state index contributed by atoms with van der Waals surface area (Å²) in [6, 6.07) is 2.27. The summed E-state index contributed by atoms with van der Waals surface area (Å²) in [5, 5.41) is 0. The summed E-state index contributed by atoms with van der Waals surface area (Å²) in [6.45, 7) is 0.289. The van der Waals surface area contributed by atoms with Crippen molar-refractivity contribution in [2.24, 2.45) is 0 Å². The first-order chi connectivity index (χ1) is 15.2. The number of aromatic nitrogens is 3. The van der Waals surface area contributed by atoms with E-state index in [9.17, 15) is 22.8 Å². The molecule has 0 spiro atoms. The van der Waals surface area contributed by atoms with Crippen LogP contribution in [0.4, 0.5) is 30.8 Å². The van der Waals surface area contributed by atoms with Gasteiger partial charge >= 0.3 is 6.18 Å². The van der Waals surface area contributed by atoms with Crippen LogP contribution in [0.5, 0.6) is 0 Å². The number of nitrogens with zero attached hydrogens (tertiary/aromatic N) is 5. The number of anilines is 3. The first-order valence-corrected chi connectivity index (χ1v) is 10.3. The first-order valence-electron chi connectivity index (χ1n) is 10.3. The van der Waals surface area contributed by atoms with E-state index < -0.39 is 30.1 Å². The molecule has 3 atom stereocenters. The molecule has 2 aromatic heterocycles. The molecule has 2 saturated heterocycles. The van der Waals surface area contributed by atoms with Gasteiger partial charge in [-0.1, -0.05) is 0 Å². The van der Waals surface area contributed by atoms with Crippen LogP contribution in [-0.4, -0.2) is 64.4 Å². The summed E-state index contributed by atoms with van der Waals surface area (Å²) in [6.07, 6.45) is -2.91. The highest BCUT2D eigenvalue weighted by atomic mass is 19.4. The molecule has 0 radical (unpaired) electrons. The minimum atomic E-state index is -4.60. The Hall–Kier alpha value is -3.15. The number of rotatable bonds is 4. The van der Waals surface area contributed by atoms with Crippen LogP contribution in [0.3, 0.4) is 0 Å². The van der Waals surface area contributed by atoms with Crippen LogP contribution in [0.1, 0.15) is 23.2 Å². The number of hydrogen-bond acceptors (Lipinski definition) is 8. The van der Waals surface area contributed by atoms with Gasteiger partial charge < -0.3 is 20.3 Å². The molecule has 170 valence electrons. The summed E-state index contributed by atoms with van der Waals surface area (Å²) in [7, 11) is 0. The monoisotopic (exact) mass is 450 g/mol. The molecule has 0 aliphatic carbocycles. The van der Waals surface area contributed by atoms with Gasteiger partial charge in [-0.3, -0.25) is 14.2 Å². The van der Waals surface area contributed by atoms with Crippen molar-refractivity contribution in [1.82, 2.24) is 14.5 Å². The average molecular weight is 450 g/mol. The lowest BCUT2D eigenvalue weighted by Crippen LogP contribution is -2.54. The van der Waals surface area contributed by atoms with E-state index in [-0.39, 0.29) is 42.4 Å². The lowest BCUT2D eigenvalue weighted by molar-refractivity contribution is -0.152. The molecule has 2 N–H and O–H groups in total. The molecule has 3 aliphatic heterocycles. The third kappa shape index (κ3) is 3.57. The van der Waals surface area contributed by atoms with Crippen LogP contribution in [0.25, 0.3) is 0 Å². The number of carbonyl (C=O) groups excluding carboxylic acids is 1. The van der Waals surface area contributed by atoms with E-state index in [1.54, 1.807) is 0 Å². The highest BCUT2D eigenvalue weighted by molar-refractivity contribution is 5.99. The van der Waals surface area contributed by atoms with Crippen molar-refractivity contribution in [3.05, 3.63) is 40.3 Å². The molecule has 0 amide bonds. The molecule has 2 aromatic rings. The second kappa shape index (κ2) is 7.47. The summed E-state index contributed by atoms with van der Waals surface area (Å²) >= 11 is 0. The fourth-order valence-electron chi connectivity index (χ4n) is 4.62. The number of nitrogen functional groups attached to an aromatic ring is 1. The number of halogens is 3. The number of fused-ring (bicyclic) bond motifs is 3. The van der Waals surface area contributed by atoms with Crippen molar-refractivity contribution in [1.29, 1.82) is 0 Å². The Morgan fingerprint density at radius 3 is 2.75 bits per heavy atom. The molecular weight excluding hydrogens is 429 g/mol. The lowest BCUT2D eigenvalue weighted by Gasteiger charge is -2.39. The summed E-state index contributed by atoms with van der Waals surface area (Å²) in [5.74, 6) is -0.221. The van der Waals surface area contributed by atoms with Gasteiger partial charge in [-0.2, -0.15) is 18.2 Å². The second-order valence-electron chi connectivity index (χ2n) is 8.27. The van der Waals surface area contributed by atoms with E-state index in [1.807, 2.05) is 4.90 Å². The molecular formula is C20H21F3N6O3. The van der Waals surface area contributed by atoms with Crippen LogP contribution in [-0.2, 0) is 11.3 Å². The number of nitrogens with two attached hydrogens (primary N) is 1. The summed E-state index contributed by atoms with van der Waals surface area (Å²) < 4.78 is 48.4. The largest absolute Gasteiger partial charge is 0.408 e. The standard InChI is InChI=1S/C20H21F3N6O3/c21-20(22,23)15-3-4-27-18(31)6-17(28-8-13-5-12(28)10-32-13)26-19(27)29(15)9-14(30)11-1-2-16(24)25-7-11/h1-2,6-7,12-13,15H,3-5,8-10H2,(H2,24,25)/t12-,13+,15-/m0/s1. The van der Waals surface area contributed by atoms with Crippen molar-refractivity contribution in [2.75, 3.05) is 35.2 Å². The van der Waals surface area contributed by atoms with E-state index >= 15 is 0 Å². The molecule has 3 aliphatic rings. The highest BCUT2D eigenvalue weighted by Crippen LogP contribution is 2.36. The van der Waals surface area contributed by atoms with E-state index in [4.69, 9.17) is 10.5 Å². The topological polar surface area (TPSA) is 107 Å². The van der Waals surface area contributed by atoms with Gasteiger partial charge in [0, 0.05) is 30.9 Å². The normalized spacial score (nSPS) is 24.7. The summed E-state index contributed by atoms with van der Waals surface area (Å²) in [5.41, 5.74) is 5.21. The zero-order valence-electron chi connectivity index (χ0n) is 17.0. The fourth-order valence-corrected chi connectivity index (χ4v) is 4.62. The first kappa shape index (κ1) is 20.7. The van der Waals surface area contributed by atoms with E-state index in [0.717, 1.165) is 11.3 Å². The Kier molecular flexibility index (Phi) is 4.84. The number of morpholine rings is 1. The summed E-state index contributed by atoms with van der Waals surface area (Å²) in [4.78, 5) is 36.7. The van der Waals surface area contributed by atoms with Crippen molar-refractivity contribution < 1.29 is 22.7 Å². The predicted octanol–water partition coefficient (Wildman–Crippen LogP) is 1.22. The maximum atomic E-state index is 13.9. The number of hydrogen-bond donors (Lipinski definition) is 1. The number of ether oxygens (including phenoxy) is 1. The fraction of sp³-hybridized carbons (Fsp3) is 0.500. The predicted molar refractivity (Wildman–Crippen MR) is 109 cm³/mol. The zero-order valence-corrected chi connectivity index (χ0v) is 17.0. The zero-order chi connectivity index (χ0) is 22.6. The molecule has 12 heteroatoms. The van der Waals surface area contributed by atoms with Gasteiger partial charge in [-0.15, -0.1) is 0 Å². The molecule has 0 aromatic carbocycles. The Labute approximate surface area is 180 Å². The van der Waals surface area contributed by atoms with Crippen molar-refractivity contribution >= 4 is 23.4 Å². The van der Waals surface area contributed by atoms with Gasteiger partial charge in [0.2, 0.25) is 5.95 Å². The molecule has 9 nitrogen and oxygen atoms in total. The number of alkyl halides is 3. The van der Waals surface area contributed by atoms with Gasteiger partial charge in [0.05, 0.1) is 25.3 Å². The number of ketones is 1. The van der Waals surface area contributed by atoms with Crippen LogP contribution in [0.2, 0.25) is 0 Å². The van der Waals surface area contributed by atoms with Crippen LogP contribution >= 0.6 is 0 Å². The third-order valence-electron chi connectivity index (χ3n) is 6.23. The van der Waals surface area contributed by atoms with Gasteiger partial charge in [-0.05, 0) is 25.0 Å². The Morgan fingerprint density at radius 2 is 2.12 bits per heavy atom. The van der Waals surface area contributed by atoms with Gasteiger partial charge in [0.15, 0.2) is 5.78 Å². The number of pyridine rings is 1. The van der Waals surface area contributed by atoms with Crippen LogP contribution < -0.4 is 21.1 Å². The van der Waals surface area contributed by atoms with Crippen molar-refractivity contribution in [2.45, 2.75) is 43.8 Å². The molecule has 5 rings (SSSR count). The molecule has 0 saturated carbocycles. The van der Waals surface area contributed by atoms with Crippen LogP contribution in [0, 0.1) is 0 Å². The maximum absolute atomic E-state index is 13.9.